The first-order valence-electron chi connectivity index (χ1n) is 4.96. The molecule has 0 saturated carbocycles. The topological polar surface area (TPSA) is 44.5 Å². The number of hydrogen-bond acceptors (Lipinski definition) is 3. The van der Waals surface area contributed by atoms with E-state index in [0.29, 0.717) is 12.1 Å². The summed E-state index contributed by atoms with van der Waals surface area (Å²) in [5.41, 5.74) is 4.61. The van der Waals surface area contributed by atoms with Crippen LogP contribution in [0.25, 0.3) is 0 Å². The van der Waals surface area contributed by atoms with Crippen LogP contribution in [0.5, 0.6) is 11.5 Å². The highest BCUT2D eigenvalue weighted by Gasteiger charge is 2.31. The van der Waals surface area contributed by atoms with Crippen molar-refractivity contribution >= 4 is 5.69 Å². The maximum atomic E-state index is 13.1. The summed E-state index contributed by atoms with van der Waals surface area (Å²) >= 11 is 0. The number of alkyl halides is 6. The molecular formula is C10H8F7NO2. The number of benzene rings is 1. The largest absolute Gasteiger partial charge is 0.482 e. The second-order valence-corrected chi connectivity index (χ2v) is 3.62. The highest BCUT2D eigenvalue weighted by atomic mass is 19.4. The molecule has 1 rings (SSSR count). The van der Waals surface area contributed by atoms with Crippen molar-refractivity contribution < 1.29 is 40.2 Å². The second kappa shape index (κ2) is 5.63. The Morgan fingerprint density at radius 3 is 1.50 bits per heavy atom. The molecule has 2 N–H and O–H groups in total. The van der Waals surface area contributed by atoms with Gasteiger partial charge in [0.2, 0.25) is 0 Å². The fourth-order valence-corrected chi connectivity index (χ4v) is 1.13. The van der Waals surface area contributed by atoms with E-state index in [4.69, 9.17) is 5.73 Å². The molecule has 0 spiro atoms. The Labute approximate surface area is 108 Å². The Morgan fingerprint density at radius 1 is 0.850 bits per heavy atom. The van der Waals surface area contributed by atoms with E-state index in [1.54, 1.807) is 0 Å². The number of nitrogens with two attached hydrogens (primary N) is 1. The minimum atomic E-state index is -4.70. The fourth-order valence-electron chi connectivity index (χ4n) is 1.13. The van der Waals surface area contributed by atoms with Crippen LogP contribution in [-0.2, 0) is 0 Å². The maximum absolute atomic E-state index is 13.1. The van der Waals surface area contributed by atoms with Gasteiger partial charge >= 0.3 is 12.4 Å². The minimum Gasteiger partial charge on any atom is -0.482 e. The Hall–Kier alpha value is -1.87. The van der Waals surface area contributed by atoms with Crippen LogP contribution >= 0.6 is 0 Å². The standard InChI is InChI=1S/C10H8F7NO2/c11-5-1-6(19-3-9(12,13)14)8(18)7(2-5)20-4-10(15,16)17/h1-2H,3-4,18H2. The van der Waals surface area contributed by atoms with E-state index in [9.17, 15) is 30.7 Å². The van der Waals surface area contributed by atoms with Gasteiger partial charge in [0.25, 0.3) is 0 Å². The van der Waals surface area contributed by atoms with Gasteiger partial charge in [0, 0.05) is 12.1 Å². The summed E-state index contributed by atoms with van der Waals surface area (Å²) in [6, 6.07) is 1.03. The van der Waals surface area contributed by atoms with Crippen molar-refractivity contribution in [3.05, 3.63) is 17.9 Å². The molecule has 3 nitrogen and oxygen atoms in total. The average molecular weight is 307 g/mol. The number of anilines is 1. The van der Waals surface area contributed by atoms with Crippen LogP contribution in [0.3, 0.4) is 0 Å². The molecule has 0 aliphatic carbocycles. The molecule has 1 aromatic rings. The summed E-state index contributed by atoms with van der Waals surface area (Å²) in [5.74, 6) is -2.65. The molecule has 0 fully saturated rings. The van der Waals surface area contributed by atoms with E-state index < -0.39 is 48.6 Å². The van der Waals surface area contributed by atoms with E-state index >= 15 is 0 Å². The first kappa shape index (κ1) is 16.2. The van der Waals surface area contributed by atoms with Crippen LogP contribution in [0.1, 0.15) is 0 Å². The Morgan fingerprint density at radius 2 is 1.20 bits per heavy atom. The van der Waals surface area contributed by atoms with Gasteiger partial charge in [-0.2, -0.15) is 26.3 Å². The van der Waals surface area contributed by atoms with E-state index in [-0.39, 0.29) is 0 Å². The molecule has 0 aliphatic rings. The van der Waals surface area contributed by atoms with Gasteiger partial charge in [0.1, 0.15) is 23.0 Å². The van der Waals surface area contributed by atoms with Gasteiger partial charge in [0.15, 0.2) is 13.2 Å². The summed E-state index contributed by atoms with van der Waals surface area (Å²) in [7, 11) is 0. The third-order valence-corrected chi connectivity index (χ3v) is 1.85. The Balaban J connectivity index is 2.89. The van der Waals surface area contributed by atoms with Crippen molar-refractivity contribution in [2.75, 3.05) is 18.9 Å². The second-order valence-electron chi connectivity index (χ2n) is 3.62. The summed E-state index contributed by atoms with van der Waals surface area (Å²) in [4.78, 5) is 0. The van der Waals surface area contributed by atoms with Gasteiger partial charge in [-0.15, -0.1) is 0 Å². The van der Waals surface area contributed by atoms with Crippen LogP contribution in [0, 0.1) is 5.82 Å². The monoisotopic (exact) mass is 307 g/mol. The average Bonchev–Trinajstić information content (AvgIpc) is 2.25. The molecule has 20 heavy (non-hydrogen) atoms. The third kappa shape index (κ3) is 5.41. The predicted molar refractivity (Wildman–Crippen MR) is 53.9 cm³/mol. The first-order chi connectivity index (χ1) is 8.98. The SMILES string of the molecule is Nc1c(OCC(F)(F)F)cc(F)cc1OCC(F)(F)F. The van der Waals surface area contributed by atoms with E-state index in [1.165, 1.54) is 0 Å². The lowest BCUT2D eigenvalue weighted by atomic mass is 10.2. The molecule has 0 bridgehead atoms. The highest BCUT2D eigenvalue weighted by Crippen LogP contribution is 2.34. The van der Waals surface area contributed by atoms with Crippen molar-refractivity contribution in [2.24, 2.45) is 0 Å². The summed E-state index contributed by atoms with van der Waals surface area (Å²) in [6.45, 7) is -3.53. The van der Waals surface area contributed by atoms with Gasteiger partial charge in [-0.25, -0.2) is 4.39 Å². The molecule has 0 heterocycles. The number of rotatable bonds is 4. The number of nitrogen functional groups attached to an aromatic ring is 1. The van der Waals surface area contributed by atoms with Gasteiger partial charge in [-0.05, 0) is 0 Å². The molecule has 114 valence electrons. The molecule has 0 aliphatic heterocycles. The van der Waals surface area contributed by atoms with E-state index in [1.807, 2.05) is 0 Å². The predicted octanol–water partition coefficient (Wildman–Crippen LogP) is 3.29. The van der Waals surface area contributed by atoms with Crippen LogP contribution < -0.4 is 15.2 Å². The molecule has 0 aromatic heterocycles. The van der Waals surface area contributed by atoms with E-state index in [0.717, 1.165) is 0 Å². The van der Waals surface area contributed by atoms with Crippen molar-refractivity contribution in [1.29, 1.82) is 0 Å². The van der Waals surface area contributed by atoms with Crippen LogP contribution in [0.2, 0.25) is 0 Å². The fraction of sp³-hybridized carbons (Fsp3) is 0.400. The number of halogens is 7. The lowest BCUT2D eigenvalue weighted by Gasteiger charge is -2.15. The quantitative estimate of drug-likeness (QED) is 0.686. The molecule has 0 saturated heterocycles. The molecule has 1 aromatic carbocycles. The molecule has 0 radical (unpaired) electrons. The van der Waals surface area contributed by atoms with Crippen molar-refractivity contribution in [1.82, 2.24) is 0 Å². The highest BCUT2D eigenvalue weighted by molar-refractivity contribution is 5.63. The van der Waals surface area contributed by atoms with Crippen molar-refractivity contribution in [3.63, 3.8) is 0 Å². The van der Waals surface area contributed by atoms with Crippen LogP contribution in [0.15, 0.2) is 12.1 Å². The number of ether oxygens (including phenoxy) is 2. The molecule has 0 unspecified atom stereocenters. The van der Waals surface area contributed by atoms with Crippen molar-refractivity contribution in [3.8, 4) is 11.5 Å². The summed E-state index contributed by atoms with van der Waals surface area (Å²) < 4.78 is 93.1. The Bertz CT molecular complexity index is 431. The van der Waals surface area contributed by atoms with Crippen LogP contribution in [0.4, 0.5) is 36.4 Å². The van der Waals surface area contributed by atoms with Gasteiger partial charge < -0.3 is 15.2 Å². The van der Waals surface area contributed by atoms with Crippen molar-refractivity contribution in [2.45, 2.75) is 12.4 Å². The van der Waals surface area contributed by atoms with Crippen LogP contribution in [-0.4, -0.2) is 25.6 Å². The van der Waals surface area contributed by atoms with E-state index in [2.05, 4.69) is 9.47 Å². The molecule has 0 atom stereocenters. The Kier molecular flexibility index (Phi) is 4.56. The third-order valence-electron chi connectivity index (χ3n) is 1.85. The molecular weight excluding hydrogens is 299 g/mol. The zero-order valence-electron chi connectivity index (χ0n) is 9.61. The zero-order valence-corrected chi connectivity index (χ0v) is 9.61. The summed E-state index contributed by atoms with van der Waals surface area (Å²) in [6.07, 6.45) is -9.41. The summed E-state index contributed by atoms with van der Waals surface area (Å²) in [5, 5.41) is 0. The van der Waals surface area contributed by atoms with Gasteiger partial charge in [0.05, 0.1) is 0 Å². The van der Waals surface area contributed by atoms with Gasteiger partial charge in [-0.1, -0.05) is 0 Å². The minimum absolute atomic E-state index is 0.515. The first-order valence-corrected chi connectivity index (χ1v) is 4.96. The lowest BCUT2D eigenvalue weighted by molar-refractivity contribution is -0.153. The number of hydrogen-bond donors (Lipinski definition) is 1. The normalized spacial score (nSPS) is 12.3. The molecule has 10 heteroatoms. The lowest BCUT2D eigenvalue weighted by Crippen LogP contribution is -2.21. The molecule has 0 amide bonds. The zero-order chi connectivity index (χ0) is 15.6. The van der Waals surface area contributed by atoms with Gasteiger partial charge in [-0.3, -0.25) is 0 Å². The smallest absolute Gasteiger partial charge is 0.422 e. The maximum Gasteiger partial charge on any atom is 0.422 e.